The Kier molecular flexibility index (Phi) is 7.75. The van der Waals surface area contributed by atoms with Crippen molar-refractivity contribution < 1.29 is 14.3 Å². The molecule has 7 nitrogen and oxygen atoms in total. The monoisotopic (exact) mass is 444 g/mol. The summed E-state index contributed by atoms with van der Waals surface area (Å²) in [7, 11) is 1.60. The quantitative estimate of drug-likeness (QED) is 0.368. The van der Waals surface area contributed by atoms with E-state index in [9.17, 15) is 4.79 Å². The second kappa shape index (κ2) is 10.7. The SMILES string of the molecule is C=CCn1c(COc2ccc(Cl)cc2)nnc1SCC(=O)Nc1ccc(OC)cc1. The molecule has 30 heavy (non-hydrogen) atoms. The molecule has 0 saturated carbocycles. The summed E-state index contributed by atoms with van der Waals surface area (Å²) in [6, 6.07) is 14.2. The highest BCUT2D eigenvalue weighted by Crippen LogP contribution is 2.21. The molecule has 0 aliphatic rings. The number of allylic oxidation sites excluding steroid dienone is 1. The lowest BCUT2D eigenvalue weighted by Gasteiger charge is -2.09. The predicted octanol–water partition coefficient (Wildman–Crippen LogP) is 4.44. The van der Waals surface area contributed by atoms with Gasteiger partial charge in [-0.05, 0) is 48.5 Å². The van der Waals surface area contributed by atoms with Gasteiger partial charge < -0.3 is 14.8 Å². The number of carbonyl (C=O) groups excluding carboxylic acids is 1. The highest BCUT2D eigenvalue weighted by molar-refractivity contribution is 7.99. The van der Waals surface area contributed by atoms with E-state index in [1.54, 1.807) is 61.7 Å². The number of nitrogens with one attached hydrogen (secondary N) is 1. The summed E-state index contributed by atoms with van der Waals surface area (Å²) in [5, 5.41) is 12.5. The first-order valence-corrected chi connectivity index (χ1v) is 10.4. The van der Waals surface area contributed by atoms with Crippen molar-refractivity contribution >= 4 is 35.0 Å². The van der Waals surface area contributed by atoms with Gasteiger partial charge in [-0.1, -0.05) is 29.4 Å². The number of rotatable bonds is 10. The van der Waals surface area contributed by atoms with Crippen molar-refractivity contribution in [3.05, 3.63) is 72.0 Å². The van der Waals surface area contributed by atoms with E-state index in [0.717, 1.165) is 5.75 Å². The number of benzene rings is 2. The number of carbonyl (C=O) groups is 1. The van der Waals surface area contributed by atoms with Crippen molar-refractivity contribution in [3.8, 4) is 11.5 Å². The van der Waals surface area contributed by atoms with Crippen LogP contribution in [-0.2, 0) is 17.9 Å². The molecule has 1 heterocycles. The molecule has 3 aromatic rings. The number of methoxy groups -OCH3 is 1. The van der Waals surface area contributed by atoms with E-state index in [1.165, 1.54) is 11.8 Å². The first-order valence-electron chi connectivity index (χ1n) is 9.07. The van der Waals surface area contributed by atoms with Crippen molar-refractivity contribution in [1.29, 1.82) is 0 Å². The van der Waals surface area contributed by atoms with Crippen LogP contribution in [0.1, 0.15) is 5.82 Å². The molecule has 2 aromatic carbocycles. The lowest BCUT2D eigenvalue weighted by Crippen LogP contribution is -2.15. The number of amides is 1. The van der Waals surface area contributed by atoms with Crippen LogP contribution in [0.5, 0.6) is 11.5 Å². The Morgan fingerprint density at radius 2 is 1.87 bits per heavy atom. The Bertz CT molecular complexity index is 990. The maximum atomic E-state index is 12.3. The summed E-state index contributed by atoms with van der Waals surface area (Å²) in [5.41, 5.74) is 0.700. The van der Waals surface area contributed by atoms with E-state index >= 15 is 0 Å². The Labute approximate surface area is 184 Å². The Balaban J connectivity index is 1.58. The van der Waals surface area contributed by atoms with Crippen molar-refractivity contribution in [2.24, 2.45) is 0 Å². The Morgan fingerprint density at radius 3 is 2.53 bits per heavy atom. The largest absolute Gasteiger partial charge is 0.497 e. The van der Waals surface area contributed by atoms with E-state index in [-0.39, 0.29) is 18.3 Å². The topological polar surface area (TPSA) is 78.3 Å². The third-order valence-electron chi connectivity index (χ3n) is 3.99. The number of anilines is 1. The molecule has 1 amide bonds. The number of ether oxygens (including phenoxy) is 2. The average Bonchev–Trinajstić information content (AvgIpc) is 3.14. The van der Waals surface area contributed by atoms with Gasteiger partial charge in [-0.2, -0.15) is 0 Å². The third-order valence-corrected chi connectivity index (χ3v) is 5.21. The molecule has 0 atom stereocenters. The van der Waals surface area contributed by atoms with E-state index in [2.05, 4.69) is 22.1 Å². The van der Waals surface area contributed by atoms with Gasteiger partial charge >= 0.3 is 0 Å². The summed E-state index contributed by atoms with van der Waals surface area (Å²) in [6.45, 7) is 4.53. The Hall–Kier alpha value is -2.97. The van der Waals surface area contributed by atoms with Crippen LogP contribution in [-0.4, -0.2) is 33.5 Å². The van der Waals surface area contributed by atoms with Gasteiger partial charge in [0, 0.05) is 17.3 Å². The minimum Gasteiger partial charge on any atom is -0.497 e. The van der Waals surface area contributed by atoms with Gasteiger partial charge in [-0.15, -0.1) is 16.8 Å². The van der Waals surface area contributed by atoms with E-state index < -0.39 is 0 Å². The molecule has 0 fully saturated rings. The van der Waals surface area contributed by atoms with Gasteiger partial charge in [-0.3, -0.25) is 9.36 Å². The lowest BCUT2D eigenvalue weighted by molar-refractivity contribution is -0.113. The van der Waals surface area contributed by atoms with Crippen molar-refractivity contribution in [3.63, 3.8) is 0 Å². The van der Waals surface area contributed by atoms with Crippen molar-refractivity contribution in [2.45, 2.75) is 18.3 Å². The number of halogens is 1. The number of hydrogen-bond donors (Lipinski definition) is 1. The van der Waals surface area contributed by atoms with E-state index in [0.29, 0.717) is 34.0 Å². The number of thioether (sulfide) groups is 1. The summed E-state index contributed by atoms with van der Waals surface area (Å²) < 4.78 is 12.7. The first-order chi connectivity index (χ1) is 14.6. The van der Waals surface area contributed by atoms with Gasteiger partial charge in [0.1, 0.15) is 18.1 Å². The van der Waals surface area contributed by atoms with Gasteiger partial charge in [0.15, 0.2) is 11.0 Å². The molecule has 1 N–H and O–H groups in total. The predicted molar refractivity (Wildman–Crippen MR) is 118 cm³/mol. The molecule has 0 spiro atoms. The molecular weight excluding hydrogens is 424 g/mol. The molecule has 3 rings (SSSR count). The molecule has 9 heteroatoms. The zero-order valence-corrected chi connectivity index (χ0v) is 17.9. The molecular formula is C21H21ClN4O3S. The van der Waals surface area contributed by atoms with Crippen LogP contribution in [0.15, 0.2) is 66.3 Å². The second-order valence-corrected chi connectivity index (χ2v) is 7.48. The van der Waals surface area contributed by atoms with Crippen LogP contribution in [0.25, 0.3) is 0 Å². The second-order valence-electron chi connectivity index (χ2n) is 6.11. The van der Waals surface area contributed by atoms with Crippen molar-refractivity contribution in [1.82, 2.24) is 14.8 Å². The zero-order valence-electron chi connectivity index (χ0n) is 16.4. The standard InChI is InChI=1S/C21H21ClN4O3S/c1-3-12-26-19(13-29-18-8-4-15(22)5-9-18)24-25-21(26)30-14-20(27)23-16-6-10-17(28-2)11-7-16/h3-11H,1,12-14H2,2H3,(H,23,27). The van der Waals surface area contributed by atoms with Gasteiger partial charge in [0.2, 0.25) is 5.91 Å². The average molecular weight is 445 g/mol. The minimum absolute atomic E-state index is 0.141. The van der Waals surface area contributed by atoms with E-state index in [1.807, 2.05) is 4.57 Å². The number of hydrogen-bond acceptors (Lipinski definition) is 6. The highest BCUT2D eigenvalue weighted by atomic mass is 35.5. The van der Waals surface area contributed by atoms with Crippen LogP contribution in [0.3, 0.4) is 0 Å². The maximum Gasteiger partial charge on any atom is 0.234 e. The van der Waals surface area contributed by atoms with Crippen LogP contribution in [0.2, 0.25) is 5.02 Å². The fourth-order valence-corrected chi connectivity index (χ4v) is 3.42. The third kappa shape index (κ3) is 6.01. The molecule has 0 saturated heterocycles. The summed E-state index contributed by atoms with van der Waals surface area (Å²) in [4.78, 5) is 12.3. The molecule has 156 valence electrons. The van der Waals surface area contributed by atoms with Crippen LogP contribution in [0.4, 0.5) is 5.69 Å². The number of aromatic nitrogens is 3. The molecule has 0 unspecified atom stereocenters. The number of nitrogens with zero attached hydrogens (tertiary/aromatic N) is 3. The fraction of sp³-hybridized carbons (Fsp3) is 0.190. The summed E-state index contributed by atoms with van der Waals surface area (Å²) >= 11 is 7.19. The van der Waals surface area contributed by atoms with E-state index in [4.69, 9.17) is 21.1 Å². The smallest absolute Gasteiger partial charge is 0.234 e. The summed E-state index contributed by atoms with van der Waals surface area (Å²) in [5.74, 6) is 2.10. The molecule has 0 aliphatic carbocycles. The fourth-order valence-electron chi connectivity index (χ4n) is 2.53. The van der Waals surface area contributed by atoms with Gasteiger partial charge in [-0.25, -0.2) is 0 Å². The maximum absolute atomic E-state index is 12.3. The molecule has 0 aliphatic heterocycles. The van der Waals surface area contributed by atoms with Crippen LogP contribution < -0.4 is 14.8 Å². The summed E-state index contributed by atoms with van der Waals surface area (Å²) in [6.07, 6.45) is 1.75. The first kappa shape index (κ1) is 21.7. The van der Waals surface area contributed by atoms with Crippen LogP contribution >= 0.6 is 23.4 Å². The molecule has 0 bridgehead atoms. The highest BCUT2D eigenvalue weighted by Gasteiger charge is 2.14. The van der Waals surface area contributed by atoms with Crippen molar-refractivity contribution in [2.75, 3.05) is 18.2 Å². The normalized spacial score (nSPS) is 10.5. The molecule has 1 aromatic heterocycles. The molecule has 0 radical (unpaired) electrons. The minimum atomic E-state index is -0.141. The zero-order chi connectivity index (χ0) is 21.3. The Morgan fingerprint density at radius 1 is 1.17 bits per heavy atom. The van der Waals surface area contributed by atoms with Gasteiger partial charge in [0.05, 0.1) is 12.9 Å². The lowest BCUT2D eigenvalue weighted by atomic mass is 10.3. The van der Waals surface area contributed by atoms with Crippen LogP contribution in [0, 0.1) is 0 Å². The van der Waals surface area contributed by atoms with Gasteiger partial charge in [0.25, 0.3) is 0 Å².